The van der Waals surface area contributed by atoms with Crippen LogP contribution < -0.4 is 5.32 Å². The number of aromatic nitrogens is 1. The van der Waals surface area contributed by atoms with Gasteiger partial charge in [-0.1, -0.05) is 13.3 Å². The highest BCUT2D eigenvalue weighted by atomic mass is 16.5. The minimum atomic E-state index is -0.185. The van der Waals surface area contributed by atoms with Gasteiger partial charge in [-0.25, -0.2) is 4.79 Å². The minimum absolute atomic E-state index is 0.0689. The van der Waals surface area contributed by atoms with E-state index < -0.39 is 0 Å². The molecule has 0 aliphatic carbocycles. The van der Waals surface area contributed by atoms with Gasteiger partial charge in [-0.05, 0) is 25.5 Å². The minimum Gasteiger partial charge on any atom is -0.383 e. The molecule has 3 amide bonds. The summed E-state index contributed by atoms with van der Waals surface area (Å²) >= 11 is 0. The molecule has 25 heavy (non-hydrogen) atoms. The Balaban J connectivity index is 2.78. The molecule has 7 nitrogen and oxygen atoms in total. The molecule has 0 aliphatic heterocycles. The van der Waals surface area contributed by atoms with Crippen molar-refractivity contribution in [3.05, 3.63) is 24.0 Å². The van der Waals surface area contributed by atoms with E-state index in [9.17, 15) is 9.59 Å². The van der Waals surface area contributed by atoms with Crippen molar-refractivity contribution in [2.75, 3.05) is 39.9 Å². The first-order valence-electron chi connectivity index (χ1n) is 8.93. The monoisotopic (exact) mass is 352 g/mol. The predicted molar refractivity (Wildman–Crippen MR) is 98.3 cm³/mol. The molecule has 0 bridgehead atoms. The molecule has 0 fully saturated rings. The van der Waals surface area contributed by atoms with E-state index >= 15 is 0 Å². The van der Waals surface area contributed by atoms with Crippen molar-refractivity contribution in [1.82, 2.24) is 19.7 Å². The van der Waals surface area contributed by atoms with Crippen LogP contribution in [-0.4, -0.2) is 66.2 Å². The summed E-state index contributed by atoms with van der Waals surface area (Å²) in [6, 6.07) is 3.76. The molecule has 1 rings (SSSR count). The number of ether oxygens (including phenoxy) is 1. The number of carbonyl (C=O) groups is 2. The first-order valence-corrected chi connectivity index (χ1v) is 8.93. The van der Waals surface area contributed by atoms with Crippen molar-refractivity contribution in [3.8, 4) is 0 Å². The van der Waals surface area contributed by atoms with Gasteiger partial charge in [0.1, 0.15) is 6.54 Å². The van der Waals surface area contributed by atoms with Crippen molar-refractivity contribution in [3.63, 3.8) is 0 Å². The van der Waals surface area contributed by atoms with Crippen molar-refractivity contribution in [2.24, 2.45) is 7.05 Å². The molecule has 0 saturated heterocycles. The van der Waals surface area contributed by atoms with Gasteiger partial charge in [0, 0.05) is 45.7 Å². The number of rotatable bonds is 11. The molecule has 7 heteroatoms. The van der Waals surface area contributed by atoms with Gasteiger partial charge < -0.3 is 24.4 Å². The quantitative estimate of drug-likeness (QED) is 0.661. The van der Waals surface area contributed by atoms with E-state index in [0.717, 1.165) is 18.5 Å². The van der Waals surface area contributed by atoms with Crippen LogP contribution in [0, 0.1) is 0 Å². The SMILES string of the molecule is CCCCN(CC(=O)N(CCOC)Cc1cccn1C)C(=O)NCC. The second kappa shape index (κ2) is 11.5. The van der Waals surface area contributed by atoms with Crippen LogP contribution in [0.1, 0.15) is 32.4 Å². The Morgan fingerprint density at radius 2 is 2.00 bits per heavy atom. The normalized spacial score (nSPS) is 10.6. The van der Waals surface area contributed by atoms with E-state index in [1.807, 2.05) is 36.9 Å². The Morgan fingerprint density at radius 3 is 2.56 bits per heavy atom. The average Bonchev–Trinajstić information content (AvgIpc) is 3.00. The lowest BCUT2D eigenvalue weighted by Gasteiger charge is -2.27. The zero-order valence-corrected chi connectivity index (χ0v) is 16.0. The summed E-state index contributed by atoms with van der Waals surface area (Å²) in [7, 11) is 3.57. The number of carbonyl (C=O) groups excluding carboxylic acids is 2. The average molecular weight is 352 g/mol. The molecule has 0 atom stereocenters. The number of amides is 3. The second-order valence-corrected chi connectivity index (χ2v) is 6.03. The predicted octanol–water partition coefficient (Wildman–Crippen LogP) is 1.83. The summed E-state index contributed by atoms with van der Waals surface area (Å²) in [5.41, 5.74) is 1.04. The lowest BCUT2D eigenvalue weighted by atomic mass is 10.3. The van der Waals surface area contributed by atoms with E-state index in [4.69, 9.17) is 4.74 Å². The summed E-state index contributed by atoms with van der Waals surface area (Å²) in [6.07, 6.45) is 3.80. The van der Waals surface area contributed by atoms with E-state index in [-0.39, 0.29) is 18.5 Å². The molecule has 142 valence electrons. The number of methoxy groups -OCH3 is 1. The fraction of sp³-hybridized carbons (Fsp3) is 0.667. The van der Waals surface area contributed by atoms with Crippen LogP contribution in [0.15, 0.2) is 18.3 Å². The van der Waals surface area contributed by atoms with Crippen molar-refractivity contribution in [2.45, 2.75) is 33.2 Å². The van der Waals surface area contributed by atoms with Crippen LogP contribution >= 0.6 is 0 Å². The molecule has 0 unspecified atom stereocenters. The Morgan fingerprint density at radius 1 is 1.24 bits per heavy atom. The van der Waals surface area contributed by atoms with E-state index in [1.54, 1.807) is 16.9 Å². The number of nitrogens with one attached hydrogen (secondary N) is 1. The van der Waals surface area contributed by atoms with E-state index in [1.165, 1.54) is 0 Å². The molecule has 1 aromatic heterocycles. The first-order chi connectivity index (χ1) is 12.0. The second-order valence-electron chi connectivity index (χ2n) is 6.03. The van der Waals surface area contributed by atoms with Gasteiger partial charge in [0.25, 0.3) is 0 Å². The first kappa shape index (κ1) is 21.0. The van der Waals surface area contributed by atoms with Crippen LogP contribution in [0.4, 0.5) is 4.79 Å². The molecule has 1 heterocycles. The number of aryl methyl sites for hydroxylation is 1. The lowest BCUT2D eigenvalue weighted by Crippen LogP contribution is -2.47. The number of urea groups is 1. The smallest absolute Gasteiger partial charge is 0.317 e. The number of nitrogens with zero attached hydrogens (tertiary/aromatic N) is 3. The Bertz CT molecular complexity index is 530. The Labute approximate surface area is 150 Å². The largest absolute Gasteiger partial charge is 0.383 e. The summed E-state index contributed by atoms with van der Waals surface area (Å²) in [5, 5.41) is 2.78. The van der Waals surface area contributed by atoms with Gasteiger partial charge >= 0.3 is 6.03 Å². The number of hydrogen-bond acceptors (Lipinski definition) is 3. The fourth-order valence-corrected chi connectivity index (χ4v) is 2.48. The highest BCUT2D eigenvalue weighted by Gasteiger charge is 2.21. The van der Waals surface area contributed by atoms with Gasteiger partial charge in [0.15, 0.2) is 0 Å². The third-order valence-electron chi connectivity index (χ3n) is 4.05. The highest BCUT2D eigenvalue weighted by molar-refractivity contribution is 5.84. The van der Waals surface area contributed by atoms with Gasteiger partial charge in [0.05, 0.1) is 13.2 Å². The van der Waals surface area contributed by atoms with Crippen LogP contribution in [0.3, 0.4) is 0 Å². The summed E-state index contributed by atoms with van der Waals surface area (Å²) < 4.78 is 7.13. The third-order valence-corrected chi connectivity index (χ3v) is 4.05. The Hall–Kier alpha value is -2.02. The molecule has 0 saturated carbocycles. The molecule has 1 aromatic rings. The standard InChI is InChI=1S/C18H32N4O3/c1-5-7-11-22(18(24)19-6-2)15-17(23)21(12-13-25-4)14-16-9-8-10-20(16)3/h8-10H,5-7,11-15H2,1-4H3,(H,19,24). The van der Waals surface area contributed by atoms with Gasteiger partial charge in [0.2, 0.25) is 5.91 Å². The van der Waals surface area contributed by atoms with E-state index in [2.05, 4.69) is 12.2 Å². The maximum atomic E-state index is 12.8. The molecule has 0 aromatic carbocycles. The number of unbranched alkanes of at least 4 members (excludes halogenated alkanes) is 1. The van der Waals surface area contributed by atoms with Crippen molar-refractivity contribution in [1.29, 1.82) is 0 Å². The van der Waals surface area contributed by atoms with Gasteiger partial charge in [-0.3, -0.25) is 4.79 Å². The van der Waals surface area contributed by atoms with Crippen molar-refractivity contribution < 1.29 is 14.3 Å². The van der Waals surface area contributed by atoms with E-state index in [0.29, 0.717) is 32.8 Å². The van der Waals surface area contributed by atoms with Crippen LogP contribution in [-0.2, 0) is 23.1 Å². The van der Waals surface area contributed by atoms with Crippen LogP contribution in [0.5, 0.6) is 0 Å². The number of hydrogen-bond donors (Lipinski definition) is 1. The van der Waals surface area contributed by atoms with Crippen molar-refractivity contribution >= 4 is 11.9 Å². The molecule has 0 radical (unpaired) electrons. The maximum absolute atomic E-state index is 12.8. The maximum Gasteiger partial charge on any atom is 0.317 e. The summed E-state index contributed by atoms with van der Waals surface area (Å²) in [4.78, 5) is 28.4. The molecular weight excluding hydrogens is 320 g/mol. The van der Waals surface area contributed by atoms with Crippen LogP contribution in [0.2, 0.25) is 0 Å². The summed E-state index contributed by atoms with van der Waals surface area (Å²) in [6.45, 7) is 6.62. The van der Waals surface area contributed by atoms with Gasteiger partial charge in [-0.2, -0.15) is 0 Å². The summed E-state index contributed by atoms with van der Waals surface area (Å²) in [5.74, 6) is -0.0689. The lowest BCUT2D eigenvalue weighted by molar-refractivity contribution is -0.133. The fourth-order valence-electron chi connectivity index (χ4n) is 2.48. The van der Waals surface area contributed by atoms with Gasteiger partial charge in [-0.15, -0.1) is 0 Å². The highest BCUT2D eigenvalue weighted by Crippen LogP contribution is 2.07. The zero-order chi connectivity index (χ0) is 18.7. The van der Waals surface area contributed by atoms with Crippen LogP contribution in [0.25, 0.3) is 0 Å². The Kier molecular flexibility index (Phi) is 9.69. The molecule has 0 spiro atoms. The zero-order valence-electron chi connectivity index (χ0n) is 16.0. The molecule has 0 aliphatic rings. The molecule has 1 N–H and O–H groups in total. The topological polar surface area (TPSA) is 66.8 Å². The molecular formula is C18H32N4O3. The third kappa shape index (κ3) is 7.17.